The molecule has 2 fully saturated rings. The van der Waals surface area contributed by atoms with Crippen molar-refractivity contribution in [2.75, 3.05) is 6.54 Å². The Hall–Kier alpha value is -1.59. The highest BCUT2D eigenvalue weighted by Crippen LogP contribution is 2.20. The summed E-state index contributed by atoms with van der Waals surface area (Å²) in [5.41, 5.74) is 0. The molecule has 3 amide bonds. The van der Waals surface area contributed by atoms with Gasteiger partial charge in [0.05, 0.1) is 0 Å². The van der Waals surface area contributed by atoms with E-state index >= 15 is 0 Å². The summed E-state index contributed by atoms with van der Waals surface area (Å²) in [6.07, 6.45) is 1.50. The van der Waals surface area contributed by atoms with Gasteiger partial charge in [-0.05, 0) is 25.7 Å². The van der Waals surface area contributed by atoms with Crippen LogP contribution >= 0.6 is 0 Å². The Labute approximate surface area is 112 Å². The van der Waals surface area contributed by atoms with Crippen molar-refractivity contribution < 1.29 is 14.4 Å². The van der Waals surface area contributed by atoms with Gasteiger partial charge in [-0.2, -0.15) is 0 Å². The summed E-state index contributed by atoms with van der Waals surface area (Å²) >= 11 is 0. The van der Waals surface area contributed by atoms with Crippen molar-refractivity contribution in [1.29, 1.82) is 0 Å². The molecule has 6 nitrogen and oxygen atoms in total. The minimum absolute atomic E-state index is 0.0146. The van der Waals surface area contributed by atoms with Crippen molar-refractivity contribution in [2.24, 2.45) is 5.92 Å². The van der Waals surface area contributed by atoms with E-state index < -0.39 is 18.1 Å². The third kappa shape index (κ3) is 2.57. The lowest BCUT2D eigenvalue weighted by atomic mass is 10.0. The molecule has 2 aliphatic rings. The Kier molecular flexibility index (Phi) is 3.78. The summed E-state index contributed by atoms with van der Waals surface area (Å²) in [5.74, 6) is -0.686. The SMILES string of the molecule is CC(C)[C@@H]1NC(=O)[C@@H]2CCCN2C(=O)[C@H](C)NC1=O. The standard InChI is InChI=1S/C13H21N3O3/c1-7(2)10-12(18)14-8(3)13(19)16-6-4-5-9(16)11(17)15-10/h7-10H,4-6H2,1-3H3,(H,14,18)(H,15,17)/t8-,9-,10-/m0/s1. The van der Waals surface area contributed by atoms with E-state index in [0.29, 0.717) is 13.0 Å². The normalized spacial score (nSPS) is 32.3. The van der Waals surface area contributed by atoms with Crippen molar-refractivity contribution in [3.63, 3.8) is 0 Å². The predicted molar refractivity (Wildman–Crippen MR) is 69.1 cm³/mol. The number of nitrogens with zero attached hydrogens (tertiary/aromatic N) is 1. The Morgan fingerprint density at radius 1 is 1.16 bits per heavy atom. The maximum atomic E-state index is 12.2. The Morgan fingerprint density at radius 3 is 2.47 bits per heavy atom. The minimum atomic E-state index is -0.581. The first-order valence-corrected chi connectivity index (χ1v) is 6.83. The van der Waals surface area contributed by atoms with Gasteiger partial charge in [-0.3, -0.25) is 14.4 Å². The molecule has 19 heavy (non-hydrogen) atoms. The first kappa shape index (κ1) is 13.8. The van der Waals surface area contributed by atoms with Gasteiger partial charge in [0.2, 0.25) is 17.7 Å². The zero-order valence-electron chi connectivity index (χ0n) is 11.6. The third-order valence-corrected chi connectivity index (χ3v) is 3.81. The van der Waals surface area contributed by atoms with E-state index in [1.807, 2.05) is 13.8 Å². The number of fused-ring (bicyclic) bond motifs is 1. The van der Waals surface area contributed by atoms with Gasteiger partial charge in [-0.1, -0.05) is 13.8 Å². The maximum absolute atomic E-state index is 12.2. The number of rotatable bonds is 1. The smallest absolute Gasteiger partial charge is 0.245 e. The Morgan fingerprint density at radius 2 is 1.84 bits per heavy atom. The van der Waals surface area contributed by atoms with Crippen LogP contribution in [0.4, 0.5) is 0 Å². The molecular formula is C13H21N3O3. The molecule has 2 N–H and O–H groups in total. The first-order chi connectivity index (χ1) is 8.91. The van der Waals surface area contributed by atoms with Gasteiger partial charge in [0.15, 0.2) is 0 Å². The van der Waals surface area contributed by atoms with Gasteiger partial charge in [0, 0.05) is 6.54 Å². The van der Waals surface area contributed by atoms with E-state index in [9.17, 15) is 14.4 Å². The van der Waals surface area contributed by atoms with Crippen molar-refractivity contribution in [3.8, 4) is 0 Å². The molecule has 0 aliphatic carbocycles. The van der Waals surface area contributed by atoms with Gasteiger partial charge >= 0.3 is 0 Å². The van der Waals surface area contributed by atoms with Crippen LogP contribution in [0.15, 0.2) is 0 Å². The molecule has 2 saturated heterocycles. The molecule has 0 unspecified atom stereocenters. The van der Waals surface area contributed by atoms with E-state index in [1.165, 1.54) is 0 Å². The van der Waals surface area contributed by atoms with E-state index in [0.717, 1.165) is 6.42 Å². The summed E-state index contributed by atoms with van der Waals surface area (Å²) in [5, 5.41) is 5.47. The van der Waals surface area contributed by atoms with Crippen LogP contribution in [0.3, 0.4) is 0 Å². The minimum Gasteiger partial charge on any atom is -0.343 e. The molecule has 6 heteroatoms. The highest BCUT2D eigenvalue weighted by atomic mass is 16.2. The number of amides is 3. The molecule has 2 heterocycles. The lowest BCUT2D eigenvalue weighted by Gasteiger charge is -2.25. The first-order valence-electron chi connectivity index (χ1n) is 6.83. The zero-order chi connectivity index (χ0) is 14.2. The fraction of sp³-hybridized carbons (Fsp3) is 0.769. The van der Waals surface area contributed by atoms with Crippen LogP contribution in [-0.4, -0.2) is 47.3 Å². The second-order valence-electron chi connectivity index (χ2n) is 5.65. The van der Waals surface area contributed by atoms with E-state index in [4.69, 9.17) is 0 Å². The van der Waals surface area contributed by atoms with Gasteiger partial charge in [0.25, 0.3) is 0 Å². The second-order valence-corrected chi connectivity index (χ2v) is 5.65. The van der Waals surface area contributed by atoms with E-state index in [1.54, 1.807) is 11.8 Å². The van der Waals surface area contributed by atoms with Crippen molar-refractivity contribution >= 4 is 17.7 Å². The number of carbonyl (C=O) groups excluding carboxylic acids is 3. The number of nitrogens with one attached hydrogen (secondary N) is 2. The average molecular weight is 267 g/mol. The molecule has 2 rings (SSSR count). The molecule has 0 saturated carbocycles. The summed E-state index contributed by atoms with van der Waals surface area (Å²) in [4.78, 5) is 38.1. The third-order valence-electron chi connectivity index (χ3n) is 3.81. The lowest BCUT2D eigenvalue weighted by Crippen LogP contribution is -2.52. The Balaban J connectivity index is 2.30. The zero-order valence-corrected chi connectivity index (χ0v) is 11.6. The molecule has 3 atom stereocenters. The molecule has 0 spiro atoms. The molecule has 106 valence electrons. The molecule has 0 aromatic heterocycles. The van der Waals surface area contributed by atoms with Gasteiger partial charge in [-0.25, -0.2) is 0 Å². The van der Waals surface area contributed by atoms with Crippen molar-refractivity contribution in [3.05, 3.63) is 0 Å². The van der Waals surface area contributed by atoms with Crippen molar-refractivity contribution in [1.82, 2.24) is 15.5 Å². The highest BCUT2D eigenvalue weighted by molar-refractivity contribution is 5.97. The quantitative estimate of drug-likeness (QED) is 0.681. The van der Waals surface area contributed by atoms with Gasteiger partial charge in [0.1, 0.15) is 18.1 Å². The summed E-state index contributed by atoms with van der Waals surface area (Å²) in [6.45, 7) is 6.01. The monoisotopic (exact) mass is 267 g/mol. The van der Waals surface area contributed by atoms with Crippen LogP contribution in [0.2, 0.25) is 0 Å². The van der Waals surface area contributed by atoms with Crippen LogP contribution in [0.5, 0.6) is 0 Å². The van der Waals surface area contributed by atoms with E-state index in [2.05, 4.69) is 10.6 Å². The number of hydrogen-bond acceptors (Lipinski definition) is 3. The molecular weight excluding hydrogens is 246 g/mol. The topological polar surface area (TPSA) is 78.5 Å². The van der Waals surface area contributed by atoms with Crippen LogP contribution in [-0.2, 0) is 14.4 Å². The molecule has 0 aromatic carbocycles. The molecule has 0 radical (unpaired) electrons. The van der Waals surface area contributed by atoms with Gasteiger partial charge in [-0.15, -0.1) is 0 Å². The van der Waals surface area contributed by atoms with Gasteiger partial charge < -0.3 is 15.5 Å². The Bertz CT molecular complexity index is 408. The number of carbonyl (C=O) groups is 3. The molecule has 0 bridgehead atoms. The molecule has 0 aromatic rings. The molecule has 2 aliphatic heterocycles. The highest BCUT2D eigenvalue weighted by Gasteiger charge is 2.40. The maximum Gasteiger partial charge on any atom is 0.245 e. The van der Waals surface area contributed by atoms with E-state index in [-0.39, 0.29) is 23.6 Å². The van der Waals surface area contributed by atoms with Crippen LogP contribution in [0.25, 0.3) is 0 Å². The average Bonchev–Trinajstić information content (AvgIpc) is 2.82. The summed E-state index contributed by atoms with van der Waals surface area (Å²) < 4.78 is 0. The summed E-state index contributed by atoms with van der Waals surface area (Å²) in [6, 6.07) is -1.59. The number of hydrogen-bond donors (Lipinski definition) is 2. The lowest BCUT2D eigenvalue weighted by molar-refractivity contribution is -0.139. The fourth-order valence-electron chi connectivity index (χ4n) is 2.70. The predicted octanol–water partition coefficient (Wildman–Crippen LogP) is -0.363. The largest absolute Gasteiger partial charge is 0.343 e. The van der Waals surface area contributed by atoms with Crippen LogP contribution in [0, 0.1) is 5.92 Å². The van der Waals surface area contributed by atoms with Crippen LogP contribution < -0.4 is 10.6 Å². The van der Waals surface area contributed by atoms with Crippen LogP contribution in [0.1, 0.15) is 33.6 Å². The fourth-order valence-corrected chi connectivity index (χ4v) is 2.70. The summed E-state index contributed by atoms with van der Waals surface area (Å²) in [7, 11) is 0. The second kappa shape index (κ2) is 5.19. The van der Waals surface area contributed by atoms with Crippen molar-refractivity contribution in [2.45, 2.75) is 51.7 Å².